The van der Waals surface area contributed by atoms with Crippen LogP contribution >= 0.6 is 11.3 Å². The van der Waals surface area contributed by atoms with E-state index in [0.29, 0.717) is 6.61 Å². The Morgan fingerprint density at radius 3 is 3.13 bits per heavy atom. The van der Waals surface area contributed by atoms with Crippen molar-refractivity contribution in [1.82, 2.24) is 4.90 Å². The summed E-state index contributed by atoms with van der Waals surface area (Å²) >= 11 is 1.79. The number of amides is 1. The Morgan fingerprint density at radius 1 is 1.35 bits per heavy atom. The molecule has 1 aromatic heterocycles. The number of rotatable bonds is 2. The molecule has 2 aromatic rings. The van der Waals surface area contributed by atoms with Crippen LogP contribution in [0.1, 0.15) is 16.0 Å². The fraction of sp³-hybridized carbons (Fsp3) is 0.389. The van der Waals surface area contributed by atoms with E-state index >= 15 is 0 Å². The van der Waals surface area contributed by atoms with Gasteiger partial charge in [-0.1, -0.05) is 12.1 Å². The summed E-state index contributed by atoms with van der Waals surface area (Å²) in [5.74, 6) is 1.64. The van der Waals surface area contributed by atoms with Gasteiger partial charge in [0.1, 0.15) is 6.61 Å². The van der Waals surface area contributed by atoms with Crippen molar-refractivity contribution in [2.45, 2.75) is 19.4 Å². The molecule has 4 rings (SSSR count). The lowest BCUT2D eigenvalue weighted by Crippen LogP contribution is -2.43. The molecule has 0 spiro atoms. The maximum absolute atomic E-state index is 12.9. The number of thiophene rings is 1. The molecule has 5 heteroatoms. The largest absolute Gasteiger partial charge is 0.493 e. The number of ether oxygens (including phenoxy) is 2. The van der Waals surface area contributed by atoms with Crippen LogP contribution in [0.4, 0.5) is 0 Å². The average molecular weight is 329 g/mol. The molecule has 1 amide bonds. The fourth-order valence-corrected chi connectivity index (χ4v) is 4.30. The Hall–Kier alpha value is -2.01. The van der Waals surface area contributed by atoms with Gasteiger partial charge in [0.15, 0.2) is 11.5 Å². The molecule has 0 bridgehead atoms. The van der Waals surface area contributed by atoms with Crippen molar-refractivity contribution in [3.8, 4) is 11.5 Å². The summed E-state index contributed by atoms with van der Waals surface area (Å²) in [6, 6.07) is 8.00. The summed E-state index contributed by atoms with van der Waals surface area (Å²) in [6.07, 6.45) is 1.69. The van der Waals surface area contributed by atoms with Gasteiger partial charge < -0.3 is 14.4 Å². The second-order valence-electron chi connectivity index (χ2n) is 6.04. The van der Waals surface area contributed by atoms with Crippen LogP contribution in [0.25, 0.3) is 0 Å². The van der Waals surface area contributed by atoms with E-state index in [1.54, 1.807) is 18.4 Å². The molecule has 2 aliphatic rings. The molecule has 0 saturated heterocycles. The van der Waals surface area contributed by atoms with Crippen LogP contribution in [0.15, 0.2) is 29.6 Å². The maximum Gasteiger partial charge on any atom is 0.229 e. The molecule has 4 nitrogen and oxygen atoms in total. The number of carbonyl (C=O) groups is 1. The lowest BCUT2D eigenvalue weighted by Gasteiger charge is -2.33. The number of benzene rings is 1. The highest BCUT2D eigenvalue weighted by Crippen LogP contribution is 2.36. The quantitative estimate of drug-likeness (QED) is 0.850. The van der Waals surface area contributed by atoms with E-state index < -0.39 is 0 Å². The van der Waals surface area contributed by atoms with Gasteiger partial charge in [-0.2, -0.15) is 0 Å². The van der Waals surface area contributed by atoms with E-state index in [1.165, 1.54) is 10.4 Å². The topological polar surface area (TPSA) is 38.8 Å². The zero-order valence-corrected chi connectivity index (χ0v) is 13.9. The van der Waals surface area contributed by atoms with Gasteiger partial charge in [0, 0.05) is 18.0 Å². The van der Waals surface area contributed by atoms with Gasteiger partial charge in [0.2, 0.25) is 5.91 Å². The van der Waals surface area contributed by atoms with Crippen molar-refractivity contribution >= 4 is 17.2 Å². The van der Waals surface area contributed by atoms with Crippen molar-refractivity contribution in [2.24, 2.45) is 5.92 Å². The molecule has 0 saturated carbocycles. The molecule has 0 aliphatic carbocycles. The van der Waals surface area contributed by atoms with Gasteiger partial charge in [-0.25, -0.2) is 0 Å². The Kier molecular flexibility index (Phi) is 3.73. The standard InChI is InChI=1S/C18H19NO3S/c1-21-15-4-2-3-12-9-14(11-22-17(12)15)18(20)19-7-5-16-13(10-19)6-8-23-16/h2-4,6,8,14H,5,7,9-11H2,1H3/t14-/m0/s1. The second kappa shape index (κ2) is 5.89. The number of fused-ring (bicyclic) bond motifs is 2. The first kappa shape index (κ1) is 14.6. The predicted octanol–water partition coefficient (Wildman–Crippen LogP) is 2.89. The minimum absolute atomic E-state index is 0.102. The first-order valence-corrected chi connectivity index (χ1v) is 8.77. The monoisotopic (exact) mass is 329 g/mol. The van der Waals surface area contributed by atoms with Crippen molar-refractivity contribution in [3.05, 3.63) is 45.6 Å². The minimum Gasteiger partial charge on any atom is -0.493 e. The summed E-state index contributed by atoms with van der Waals surface area (Å²) in [7, 11) is 1.64. The van der Waals surface area contributed by atoms with Crippen LogP contribution in [0.3, 0.4) is 0 Å². The lowest BCUT2D eigenvalue weighted by molar-refractivity contribution is -0.137. The number of hydrogen-bond acceptors (Lipinski definition) is 4. The van der Waals surface area contributed by atoms with Gasteiger partial charge >= 0.3 is 0 Å². The number of carbonyl (C=O) groups excluding carboxylic acids is 1. The molecule has 0 fully saturated rings. The predicted molar refractivity (Wildman–Crippen MR) is 89.1 cm³/mol. The fourth-order valence-electron chi connectivity index (χ4n) is 3.41. The molecule has 3 heterocycles. The SMILES string of the molecule is COc1cccc2c1OC[C@@H](C(=O)N1CCc3sccc3C1)C2. The van der Waals surface area contributed by atoms with Crippen LogP contribution < -0.4 is 9.47 Å². The maximum atomic E-state index is 12.9. The number of nitrogens with zero attached hydrogens (tertiary/aromatic N) is 1. The van der Waals surface area contributed by atoms with Crippen LogP contribution in [0.5, 0.6) is 11.5 Å². The van der Waals surface area contributed by atoms with E-state index in [1.807, 2.05) is 23.1 Å². The van der Waals surface area contributed by atoms with Gasteiger partial charge in [-0.15, -0.1) is 11.3 Å². The lowest BCUT2D eigenvalue weighted by atomic mass is 9.94. The van der Waals surface area contributed by atoms with Crippen molar-refractivity contribution in [3.63, 3.8) is 0 Å². The Balaban J connectivity index is 1.50. The molecule has 0 radical (unpaired) electrons. The summed E-state index contributed by atoms with van der Waals surface area (Å²) < 4.78 is 11.2. The molecule has 23 heavy (non-hydrogen) atoms. The highest BCUT2D eigenvalue weighted by atomic mass is 32.1. The third-order valence-corrected chi connectivity index (χ3v) is 5.67. The molecule has 0 unspecified atom stereocenters. The normalized spacial score (nSPS) is 19.5. The number of para-hydroxylation sites is 1. The zero-order valence-electron chi connectivity index (χ0n) is 13.1. The van der Waals surface area contributed by atoms with Crippen LogP contribution in [-0.4, -0.2) is 31.1 Å². The smallest absolute Gasteiger partial charge is 0.229 e. The molecule has 1 aromatic carbocycles. The van der Waals surface area contributed by atoms with Crippen LogP contribution in [-0.2, 0) is 24.2 Å². The summed E-state index contributed by atoms with van der Waals surface area (Å²) in [5.41, 5.74) is 2.36. The van der Waals surface area contributed by atoms with Gasteiger partial charge in [0.05, 0.1) is 13.0 Å². The Bertz CT molecular complexity index is 740. The highest BCUT2D eigenvalue weighted by molar-refractivity contribution is 7.10. The van der Waals surface area contributed by atoms with E-state index in [-0.39, 0.29) is 11.8 Å². The number of methoxy groups -OCH3 is 1. The first-order chi connectivity index (χ1) is 11.3. The number of hydrogen-bond donors (Lipinski definition) is 0. The van der Waals surface area contributed by atoms with E-state index in [2.05, 4.69) is 11.4 Å². The third-order valence-electron chi connectivity index (χ3n) is 4.64. The first-order valence-electron chi connectivity index (χ1n) is 7.89. The van der Waals surface area contributed by atoms with Crippen LogP contribution in [0.2, 0.25) is 0 Å². The summed E-state index contributed by atoms with van der Waals surface area (Å²) in [6.45, 7) is 1.98. The van der Waals surface area contributed by atoms with E-state index in [0.717, 1.165) is 43.0 Å². The Morgan fingerprint density at radius 2 is 2.26 bits per heavy atom. The van der Waals surface area contributed by atoms with E-state index in [4.69, 9.17) is 9.47 Å². The van der Waals surface area contributed by atoms with Gasteiger partial charge in [-0.05, 0) is 41.5 Å². The van der Waals surface area contributed by atoms with Crippen molar-refractivity contribution < 1.29 is 14.3 Å². The average Bonchev–Trinajstić information content (AvgIpc) is 3.07. The van der Waals surface area contributed by atoms with E-state index in [9.17, 15) is 4.79 Å². The molecule has 120 valence electrons. The van der Waals surface area contributed by atoms with Crippen LogP contribution in [0, 0.1) is 5.92 Å². The molecule has 0 N–H and O–H groups in total. The minimum atomic E-state index is -0.102. The molecular weight excluding hydrogens is 310 g/mol. The third kappa shape index (κ3) is 2.59. The molecular formula is C18H19NO3S. The zero-order chi connectivity index (χ0) is 15.8. The molecule has 1 atom stereocenters. The molecule has 2 aliphatic heterocycles. The summed E-state index contributed by atoms with van der Waals surface area (Å²) in [4.78, 5) is 16.3. The van der Waals surface area contributed by atoms with Gasteiger partial charge in [0.25, 0.3) is 0 Å². The Labute approximate surface area is 139 Å². The van der Waals surface area contributed by atoms with Gasteiger partial charge in [-0.3, -0.25) is 4.79 Å². The van der Waals surface area contributed by atoms with Crippen molar-refractivity contribution in [1.29, 1.82) is 0 Å². The summed E-state index contributed by atoms with van der Waals surface area (Å²) in [5, 5.41) is 2.12. The second-order valence-corrected chi connectivity index (χ2v) is 7.04. The van der Waals surface area contributed by atoms with Crippen molar-refractivity contribution in [2.75, 3.05) is 20.3 Å². The highest BCUT2D eigenvalue weighted by Gasteiger charge is 2.32.